The van der Waals surface area contributed by atoms with E-state index in [0.717, 1.165) is 39.0 Å². The maximum atomic E-state index is 12.1. The van der Waals surface area contributed by atoms with E-state index in [0.29, 0.717) is 0 Å². The first-order valence-corrected chi connectivity index (χ1v) is 6.23. The normalized spacial score (nSPS) is 21.5. The molecule has 0 bridgehead atoms. The molecule has 1 unspecified atom stereocenters. The molecule has 1 aliphatic heterocycles. The Morgan fingerprint density at radius 3 is 3.00 bits per heavy atom. The quantitative estimate of drug-likeness (QED) is 0.714. The molecule has 94 valence electrons. The highest BCUT2D eigenvalue weighted by Crippen LogP contribution is 2.10. The third-order valence-corrected chi connectivity index (χ3v) is 3.08. The molecule has 1 saturated heterocycles. The predicted molar refractivity (Wildman–Crippen MR) is 64.4 cm³/mol. The lowest BCUT2D eigenvalue weighted by Gasteiger charge is -2.23. The number of carbonyl (C=O) groups excluding carboxylic acids is 1. The van der Waals surface area contributed by atoms with Crippen molar-refractivity contribution in [2.45, 2.75) is 38.1 Å². The number of amides is 1. The topological polar surface area (TPSA) is 41.6 Å². The van der Waals surface area contributed by atoms with Crippen molar-refractivity contribution < 1.29 is 9.53 Å². The Morgan fingerprint density at radius 1 is 1.44 bits per heavy atom. The van der Waals surface area contributed by atoms with Gasteiger partial charge in [0.1, 0.15) is 0 Å². The summed E-state index contributed by atoms with van der Waals surface area (Å²) in [6.45, 7) is 2.48. The molecule has 1 atom stereocenters. The molecule has 4 nitrogen and oxygen atoms in total. The van der Waals surface area contributed by atoms with Gasteiger partial charge in [-0.25, -0.2) is 0 Å². The van der Waals surface area contributed by atoms with Crippen molar-refractivity contribution in [1.82, 2.24) is 10.2 Å². The molecule has 0 radical (unpaired) electrons. The molecule has 1 N–H and O–H groups in total. The number of methoxy groups -OCH3 is 1. The highest BCUT2D eigenvalue weighted by Gasteiger charge is 2.22. The van der Waals surface area contributed by atoms with Crippen LogP contribution in [0.5, 0.6) is 0 Å². The summed E-state index contributed by atoms with van der Waals surface area (Å²) in [6.07, 6.45) is 5.48. The van der Waals surface area contributed by atoms with Crippen molar-refractivity contribution in [2.75, 3.05) is 33.9 Å². The SMILES string of the molecule is COCCCN(C)C(=O)C1CCCCCN1. The molecule has 0 aliphatic carbocycles. The van der Waals surface area contributed by atoms with E-state index < -0.39 is 0 Å². The molecule has 0 spiro atoms. The van der Waals surface area contributed by atoms with Crippen LogP contribution in [0.25, 0.3) is 0 Å². The summed E-state index contributed by atoms with van der Waals surface area (Å²) in [7, 11) is 3.57. The van der Waals surface area contributed by atoms with Crippen LogP contribution in [-0.4, -0.2) is 50.7 Å². The first-order chi connectivity index (χ1) is 7.75. The number of nitrogens with zero attached hydrogens (tertiary/aromatic N) is 1. The molecule has 1 amide bonds. The average molecular weight is 228 g/mol. The van der Waals surface area contributed by atoms with Crippen LogP contribution in [0.15, 0.2) is 0 Å². The fraction of sp³-hybridized carbons (Fsp3) is 0.917. The maximum absolute atomic E-state index is 12.1. The monoisotopic (exact) mass is 228 g/mol. The Hall–Kier alpha value is -0.610. The van der Waals surface area contributed by atoms with Gasteiger partial charge in [-0.2, -0.15) is 0 Å². The number of ether oxygens (including phenoxy) is 1. The smallest absolute Gasteiger partial charge is 0.239 e. The molecular weight excluding hydrogens is 204 g/mol. The molecule has 1 heterocycles. The summed E-state index contributed by atoms with van der Waals surface area (Å²) in [6, 6.07) is 0.0371. The Bertz CT molecular complexity index is 201. The standard InChI is InChI=1S/C12H24N2O2/c1-14(9-6-10-16-2)12(15)11-7-4-3-5-8-13-11/h11,13H,3-10H2,1-2H3. The zero-order chi connectivity index (χ0) is 11.8. The molecule has 1 fully saturated rings. The van der Waals surface area contributed by atoms with Gasteiger partial charge in [-0.3, -0.25) is 4.79 Å². The molecule has 0 aromatic heterocycles. The van der Waals surface area contributed by atoms with Crippen molar-refractivity contribution >= 4 is 5.91 Å². The Balaban J connectivity index is 2.30. The molecule has 0 aromatic rings. The third kappa shape index (κ3) is 4.49. The lowest BCUT2D eigenvalue weighted by molar-refractivity contribution is -0.132. The first kappa shape index (κ1) is 13.5. The van der Waals surface area contributed by atoms with Gasteiger partial charge in [0, 0.05) is 27.3 Å². The fourth-order valence-electron chi connectivity index (χ4n) is 2.06. The van der Waals surface area contributed by atoms with Gasteiger partial charge in [0.2, 0.25) is 5.91 Å². The van der Waals surface area contributed by atoms with Gasteiger partial charge >= 0.3 is 0 Å². The molecule has 0 aromatic carbocycles. The van der Waals surface area contributed by atoms with E-state index >= 15 is 0 Å². The Labute approximate surface area is 98.3 Å². The second kappa shape index (κ2) is 7.63. The van der Waals surface area contributed by atoms with Gasteiger partial charge in [0.15, 0.2) is 0 Å². The summed E-state index contributed by atoms with van der Waals surface area (Å²) in [5.41, 5.74) is 0. The third-order valence-electron chi connectivity index (χ3n) is 3.08. The zero-order valence-corrected chi connectivity index (χ0v) is 10.5. The summed E-state index contributed by atoms with van der Waals surface area (Å²) in [5.74, 6) is 0.234. The van der Waals surface area contributed by atoms with Gasteiger partial charge in [-0.05, 0) is 25.8 Å². The van der Waals surface area contributed by atoms with Crippen LogP contribution in [0.2, 0.25) is 0 Å². The largest absolute Gasteiger partial charge is 0.385 e. The number of likely N-dealkylation sites (N-methyl/N-ethyl adjacent to an activating group) is 1. The minimum Gasteiger partial charge on any atom is -0.385 e. The highest BCUT2D eigenvalue weighted by molar-refractivity contribution is 5.81. The van der Waals surface area contributed by atoms with E-state index in [-0.39, 0.29) is 11.9 Å². The Kier molecular flexibility index (Phi) is 6.42. The van der Waals surface area contributed by atoms with Gasteiger partial charge in [-0.15, -0.1) is 0 Å². The Morgan fingerprint density at radius 2 is 2.25 bits per heavy atom. The molecule has 0 saturated carbocycles. The van der Waals surface area contributed by atoms with Crippen LogP contribution < -0.4 is 5.32 Å². The molecule has 1 rings (SSSR count). The van der Waals surface area contributed by atoms with E-state index in [1.165, 1.54) is 12.8 Å². The van der Waals surface area contributed by atoms with Crippen LogP contribution in [0.4, 0.5) is 0 Å². The highest BCUT2D eigenvalue weighted by atomic mass is 16.5. The van der Waals surface area contributed by atoms with E-state index in [4.69, 9.17) is 4.74 Å². The summed E-state index contributed by atoms with van der Waals surface area (Å²) in [4.78, 5) is 13.9. The van der Waals surface area contributed by atoms with Gasteiger partial charge in [0.25, 0.3) is 0 Å². The van der Waals surface area contributed by atoms with Crippen LogP contribution in [-0.2, 0) is 9.53 Å². The summed E-state index contributed by atoms with van der Waals surface area (Å²) < 4.78 is 4.98. The van der Waals surface area contributed by atoms with Crippen LogP contribution in [0, 0.1) is 0 Å². The van der Waals surface area contributed by atoms with Crippen molar-refractivity contribution in [1.29, 1.82) is 0 Å². The second-order valence-corrected chi connectivity index (χ2v) is 4.46. The van der Waals surface area contributed by atoms with Crippen molar-refractivity contribution in [3.05, 3.63) is 0 Å². The molecule has 16 heavy (non-hydrogen) atoms. The minimum absolute atomic E-state index is 0.0371. The van der Waals surface area contributed by atoms with Gasteiger partial charge in [-0.1, -0.05) is 12.8 Å². The number of hydrogen-bond donors (Lipinski definition) is 1. The summed E-state index contributed by atoms with van der Waals surface area (Å²) in [5, 5.41) is 3.33. The van der Waals surface area contributed by atoms with E-state index in [1.54, 1.807) is 7.11 Å². The van der Waals surface area contributed by atoms with Crippen molar-refractivity contribution in [3.63, 3.8) is 0 Å². The molecular formula is C12H24N2O2. The van der Waals surface area contributed by atoms with E-state index in [9.17, 15) is 4.79 Å². The minimum atomic E-state index is 0.0371. The maximum Gasteiger partial charge on any atom is 0.239 e. The molecule has 1 aliphatic rings. The summed E-state index contributed by atoms with van der Waals surface area (Å²) >= 11 is 0. The van der Waals surface area contributed by atoms with Gasteiger partial charge in [0.05, 0.1) is 6.04 Å². The first-order valence-electron chi connectivity index (χ1n) is 6.23. The zero-order valence-electron chi connectivity index (χ0n) is 10.5. The van der Waals surface area contributed by atoms with Crippen molar-refractivity contribution in [2.24, 2.45) is 0 Å². The number of hydrogen-bond acceptors (Lipinski definition) is 3. The van der Waals surface area contributed by atoms with Crippen LogP contribution in [0.1, 0.15) is 32.1 Å². The average Bonchev–Trinajstić information content (AvgIpc) is 2.56. The number of nitrogens with one attached hydrogen (secondary N) is 1. The van der Waals surface area contributed by atoms with Crippen molar-refractivity contribution in [3.8, 4) is 0 Å². The number of rotatable bonds is 5. The van der Waals surface area contributed by atoms with Crippen LogP contribution >= 0.6 is 0 Å². The predicted octanol–water partition coefficient (Wildman–Crippen LogP) is 1.01. The second-order valence-electron chi connectivity index (χ2n) is 4.46. The lowest BCUT2D eigenvalue weighted by Crippen LogP contribution is -2.45. The van der Waals surface area contributed by atoms with Gasteiger partial charge < -0.3 is 15.0 Å². The van der Waals surface area contributed by atoms with E-state index in [2.05, 4.69) is 5.32 Å². The van der Waals surface area contributed by atoms with Crippen LogP contribution in [0.3, 0.4) is 0 Å². The van der Waals surface area contributed by atoms with E-state index in [1.807, 2.05) is 11.9 Å². The fourth-order valence-corrected chi connectivity index (χ4v) is 2.06. The molecule has 4 heteroatoms. The lowest BCUT2D eigenvalue weighted by atomic mass is 10.1. The number of carbonyl (C=O) groups is 1.